The van der Waals surface area contributed by atoms with Crippen molar-refractivity contribution in [2.24, 2.45) is 5.92 Å². The van der Waals surface area contributed by atoms with Gasteiger partial charge in [0.2, 0.25) is 0 Å². The van der Waals surface area contributed by atoms with Crippen LogP contribution in [0.5, 0.6) is 0 Å². The molecule has 1 unspecified atom stereocenters. The van der Waals surface area contributed by atoms with Gasteiger partial charge in [-0.05, 0) is 31.0 Å². The number of aryl methyl sites for hydroxylation is 1. The number of hydrogen-bond acceptors (Lipinski definition) is 2. The van der Waals surface area contributed by atoms with E-state index in [1.807, 2.05) is 0 Å². The first-order chi connectivity index (χ1) is 8.19. The van der Waals surface area contributed by atoms with Crippen molar-refractivity contribution in [2.45, 2.75) is 33.2 Å². The number of benzene rings is 1. The van der Waals surface area contributed by atoms with Crippen molar-refractivity contribution in [1.82, 2.24) is 4.90 Å². The van der Waals surface area contributed by atoms with Crippen molar-refractivity contribution in [3.63, 3.8) is 0 Å². The van der Waals surface area contributed by atoms with Crippen molar-refractivity contribution >= 4 is 0 Å². The smallest absolute Gasteiger partial charge is 0.0669 e. The van der Waals surface area contributed by atoms with Gasteiger partial charge in [0.15, 0.2) is 0 Å². The van der Waals surface area contributed by atoms with Crippen LogP contribution in [0.4, 0.5) is 0 Å². The average Bonchev–Trinajstić information content (AvgIpc) is 2.37. The molecule has 1 aromatic carbocycles. The molecule has 2 nitrogen and oxygen atoms in total. The molecule has 0 heterocycles. The van der Waals surface area contributed by atoms with Crippen LogP contribution < -0.4 is 0 Å². The normalized spacial score (nSPS) is 12.4. The summed E-state index contributed by atoms with van der Waals surface area (Å²) >= 11 is 0. The van der Waals surface area contributed by atoms with Gasteiger partial charge in [0.25, 0.3) is 0 Å². The topological polar surface area (TPSA) is 27.0 Å². The van der Waals surface area contributed by atoms with Gasteiger partial charge >= 0.3 is 0 Å². The van der Waals surface area contributed by atoms with Crippen molar-refractivity contribution in [1.29, 1.82) is 5.26 Å². The third-order valence-electron chi connectivity index (χ3n) is 3.09. The van der Waals surface area contributed by atoms with E-state index in [-0.39, 0.29) is 5.92 Å². The molecule has 0 N–H and O–H groups in total. The highest BCUT2D eigenvalue weighted by Gasteiger charge is 2.08. The Morgan fingerprint density at radius 3 is 2.24 bits per heavy atom. The Bertz CT molecular complexity index is 362. The summed E-state index contributed by atoms with van der Waals surface area (Å²) in [7, 11) is 2.08. The maximum Gasteiger partial charge on any atom is 0.0669 e. The zero-order chi connectivity index (χ0) is 12.7. The van der Waals surface area contributed by atoms with Gasteiger partial charge in [-0.25, -0.2) is 0 Å². The van der Waals surface area contributed by atoms with Crippen LogP contribution >= 0.6 is 0 Å². The lowest BCUT2D eigenvalue weighted by atomic mass is 10.1. The average molecular weight is 230 g/mol. The molecule has 1 rings (SSSR count). The Balaban J connectivity index is 2.50. The van der Waals surface area contributed by atoms with E-state index in [9.17, 15) is 0 Å². The highest BCUT2D eigenvalue weighted by Crippen LogP contribution is 2.09. The van der Waals surface area contributed by atoms with Gasteiger partial charge in [-0.15, -0.1) is 0 Å². The highest BCUT2D eigenvalue weighted by molar-refractivity contribution is 5.22. The molecule has 0 spiro atoms. The minimum Gasteiger partial charge on any atom is -0.301 e. The zero-order valence-corrected chi connectivity index (χ0v) is 11.1. The van der Waals surface area contributed by atoms with Gasteiger partial charge < -0.3 is 4.90 Å². The zero-order valence-electron chi connectivity index (χ0n) is 11.1. The Kier molecular flexibility index (Phi) is 5.72. The number of rotatable bonds is 6. The Morgan fingerprint density at radius 2 is 1.76 bits per heavy atom. The lowest BCUT2D eigenvalue weighted by Gasteiger charge is -2.19. The van der Waals surface area contributed by atoms with E-state index < -0.39 is 0 Å². The molecule has 0 fully saturated rings. The summed E-state index contributed by atoms with van der Waals surface area (Å²) in [5.41, 5.74) is 2.69. The van der Waals surface area contributed by atoms with Gasteiger partial charge in [0, 0.05) is 13.1 Å². The molecule has 0 aliphatic heterocycles. The second kappa shape index (κ2) is 7.09. The van der Waals surface area contributed by atoms with E-state index in [1.165, 1.54) is 11.1 Å². The predicted molar refractivity (Wildman–Crippen MR) is 71.5 cm³/mol. The van der Waals surface area contributed by atoms with E-state index in [0.29, 0.717) is 0 Å². The summed E-state index contributed by atoms with van der Waals surface area (Å²) in [5.74, 6) is 0.148. The standard InChI is InChI=1S/C15H22N2/c1-4-13-6-8-15(9-7-13)12-17(3)11-14(5-2)10-16/h6-9,14H,4-5,11-12H2,1-3H3. The molecule has 0 radical (unpaired) electrons. The van der Waals surface area contributed by atoms with Crippen molar-refractivity contribution in [3.05, 3.63) is 35.4 Å². The van der Waals surface area contributed by atoms with E-state index in [1.54, 1.807) is 0 Å². The molecule has 2 heteroatoms. The first kappa shape index (κ1) is 13.7. The molecule has 0 aliphatic rings. The summed E-state index contributed by atoms with van der Waals surface area (Å²) in [6, 6.07) is 11.1. The molecule has 92 valence electrons. The Hall–Kier alpha value is -1.33. The van der Waals surface area contributed by atoms with Crippen LogP contribution in [-0.4, -0.2) is 18.5 Å². The fraction of sp³-hybridized carbons (Fsp3) is 0.533. The van der Waals surface area contributed by atoms with E-state index >= 15 is 0 Å². The molecule has 1 atom stereocenters. The van der Waals surface area contributed by atoms with Crippen LogP contribution in [0, 0.1) is 17.2 Å². The number of nitriles is 1. The van der Waals surface area contributed by atoms with Crippen LogP contribution in [0.2, 0.25) is 0 Å². The summed E-state index contributed by atoms with van der Waals surface area (Å²) in [6.45, 7) is 6.00. The maximum atomic E-state index is 8.93. The summed E-state index contributed by atoms with van der Waals surface area (Å²) < 4.78 is 0. The van der Waals surface area contributed by atoms with Crippen LogP contribution in [-0.2, 0) is 13.0 Å². The number of nitrogens with zero attached hydrogens (tertiary/aromatic N) is 2. The molecule has 0 saturated heterocycles. The lowest BCUT2D eigenvalue weighted by molar-refractivity contribution is 0.292. The third-order valence-corrected chi connectivity index (χ3v) is 3.09. The summed E-state index contributed by atoms with van der Waals surface area (Å²) in [6.07, 6.45) is 2.01. The van der Waals surface area contributed by atoms with Crippen LogP contribution in [0.1, 0.15) is 31.4 Å². The second-order valence-electron chi connectivity index (χ2n) is 4.60. The first-order valence-corrected chi connectivity index (χ1v) is 6.35. The fourth-order valence-corrected chi connectivity index (χ4v) is 1.89. The quantitative estimate of drug-likeness (QED) is 0.750. The van der Waals surface area contributed by atoms with Crippen molar-refractivity contribution in [3.8, 4) is 6.07 Å². The van der Waals surface area contributed by atoms with Crippen LogP contribution in [0.15, 0.2) is 24.3 Å². The van der Waals surface area contributed by atoms with E-state index in [0.717, 1.165) is 25.9 Å². The number of hydrogen-bond donors (Lipinski definition) is 0. The van der Waals surface area contributed by atoms with Gasteiger partial charge in [-0.3, -0.25) is 0 Å². The predicted octanol–water partition coefficient (Wildman–Crippen LogP) is 3.23. The summed E-state index contributed by atoms with van der Waals surface area (Å²) in [4.78, 5) is 2.22. The van der Waals surface area contributed by atoms with Crippen LogP contribution in [0.25, 0.3) is 0 Å². The largest absolute Gasteiger partial charge is 0.301 e. The monoisotopic (exact) mass is 230 g/mol. The minimum atomic E-state index is 0.148. The Labute approximate surface area is 105 Å². The van der Waals surface area contributed by atoms with Gasteiger partial charge in [0.05, 0.1) is 12.0 Å². The second-order valence-corrected chi connectivity index (χ2v) is 4.60. The van der Waals surface area contributed by atoms with Gasteiger partial charge in [-0.1, -0.05) is 38.1 Å². The van der Waals surface area contributed by atoms with Crippen molar-refractivity contribution < 1.29 is 0 Å². The molecule has 17 heavy (non-hydrogen) atoms. The Morgan fingerprint density at radius 1 is 1.18 bits per heavy atom. The maximum absolute atomic E-state index is 8.93. The SMILES string of the molecule is CCc1ccc(CN(C)CC(C#N)CC)cc1. The van der Waals surface area contributed by atoms with Crippen molar-refractivity contribution in [2.75, 3.05) is 13.6 Å². The molecular weight excluding hydrogens is 208 g/mol. The lowest BCUT2D eigenvalue weighted by Crippen LogP contribution is -2.24. The van der Waals surface area contributed by atoms with E-state index in [2.05, 4.69) is 56.1 Å². The molecule has 0 bridgehead atoms. The first-order valence-electron chi connectivity index (χ1n) is 6.35. The molecule has 0 saturated carbocycles. The highest BCUT2D eigenvalue weighted by atomic mass is 15.1. The van der Waals surface area contributed by atoms with Gasteiger partial charge in [-0.2, -0.15) is 5.26 Å². The van der Waals surface area contributed by atoms with Crippen LogP contribution in [0.3, 0.4) is 0 Å². The van der Waals surface area contributed by atoms with E-state index in [4.69, 9.17) is 5.26 Å². The molecule has 1 aromatic rings. The van der Waals surface area contributed by atoms with Gasteiger partial charge in [0.1, 0.15) is 0 Å². The molecule has 0 aliphatic carbocycles. The summed E-state index contributed by atoms with van der Waals surface area (Å²) in [5, 5.41) is 8.93. The minimum absolute atomic E-state index is 0.148. The molecule has 0 amide bonds. The molecule has 0 aromatic heterocycles. The fourth-order valence-electron chi connectivity index (χ4n) is 1.89. The third kappa shape index (κ3) is 4.58. The molecular formula is C15H22N2.